The van der Waals surface area contributed by atoms with Gasteiger partial charge in [0.2, 0.25) is 0 Å². The van der Waals surface area contributed by atoms with Crippen LogP contribution in [0.3, 0.4) is 0 Å². The maximum absolute atomic E-state index is 14.1. The predicted octanol–water partition coefficient (Wildman–Crippen LogP) is 1.44. The van der Waals surface area contributed by atoms with Crippen LogP contribution in [-0.2, 0) is 11.0 Å². The number of halogens is 5. The number of hydrogen-bond acceptors (Lipinski definition) is 7. The minimum atomic E-state index is -4.70. The van der Waals surface area contributed by atoms with Crippen molar-refractivity contribution in [1.29, 1.82) is 0 Å². The summed E-state index contributed by atoms with van der Waals surface area (Å²) in [6, 6.07) is 10.7. The molecule has 1 amide bonds. The van der Waals surface area contributed by atoms with E-state index in [0.29, 0.717) is 29.2 Å². The number of fused-ring (bicyclic) bond motifs is 1. The molecule has 1 atom stereocenters. The van der Waals surface area contributed by atoms with Gasteiger partial charge in [-0.2, -0.15) is 13.2 Å². The van der Waals surface area contributed by atoms with Gasteiger partial charge in [0.05, 0.1) is 17.2 Å². The van der Waals surface area contributed by atoms with Gasteiger partial charge in [0.1, 0.15) is 28.9 Å². The van der Waals surface area contributed by atoms with Crippen molar-refractivity contribution in [3.63, 3.8) is 0 Å². The van der Waals surface area contributed by atoms with E-state index in [9.17, 15) is 32.3 Å². The standard InChI is InChI=1S/C28H22ClF4N3O5.Na/c29-20-12-19-17(27(38)39)9-10-40-23(19)13-24(20)41-16-4-1-14(2-5-16)26(37)36-25(35)8-7-22(34)18-6-3-15(11-21(18)30)28(31,32)33;/h1-8,11-13,17H,9-10,34-35H2,(H,36,37)(H,38,39);/q;+1/p-1/b22-7-,25-8+;. The van der Waals surface area contributed by atoms with Gasteiger partial charge in [-0.15, -0.1) is 0 Å². The quantitative estimate of drug-likeness (QED) is 0.208. The molecular weight excluding hydrogens is 593 g/mol. The minimum Gasteiger partial charge on any atom is -0.549 e. The molecule has 0 fully saturated rings. The first kappa shape index (κ1) is 32.8. The summed E-state index contributed by atoms with van der Waals surface area (Å²) in [5.74, 6) is -3.17. The van der Waals surface area contributed by atoms with E-state index in [4.69, 9.17) is 32.5 Å². The van der Waals surface area contributed by atoms with Gasteiger partial charge in [-0.05, 0) is 67.1 Å². The zero-order chi connectivity index (χ0) is 29.9. The molecule has 214 valence electrons. The van der Waals surface area contributed by atoms with Crippen LogP contribution in [0.2, 0.25) is 5.02 Å². The molecule has 3 aromatic carbocycles. The second-order valence-corrected chi connectivity index (χ2v) is 9.25. The Hall–Kier alpha value is -3.71. The van der Waals surface area contributed by atoms with Crippen molar-refractivity contribution in [2.45, 2.75) is 18.5 Å². The molecule has 0 aromatic heterocycles. The average molecular weight is 614 g/mol. The van der Waals surface area contributed by atoms with E-state index in [1.54, 1.807) is 0 Å². The van der Waals surface area contributed by atoms with Crippen LogP contribution < -0.4 is 60.9 Å². The van der Waals surface area contributed by atoms with Crippen molar-refractivity contribution in [3.05, 3.63) is 106 Å². The van der Waals surface area contributed by atoms with E-state index >= 15 is 0 Å². The van der Waals surface area contributed by atoms with Crippen LogP contribution in [0.15, 0.2) is 72.6 Å². The first-order valence-corrected chi connectivity index (χ1v) is 12.3. The van der Waals surface area contributed by atoms with Crippen molar-refractivity contribution < 1.29 is 71.3 Å². The number of benzene rings is 3. The number of aliphatic carboxylic acids is 1. The molecule has 1 unspecified atom stereocenters. The van der Waals surface area contributed by atoms with Gasteiger partial charge >= 0.3 is 35.7 Å². The van der Waals surface area contributed by atoms with E-state index in [0.717, 1.165) is 18.2 Å². The molecule has 1 aliphatic heterocycles. The summed E-state index contributed by atoms with van der Waals surface area (Å²) in [5.41, 5.74) is 10.5. The van der Waals surface area contributed by atoms with Crippen LogP contribution >= 0.6 is 11.6 Å². The Balaban J connectivity index is 0.00000484. The van der Waals surface area contributed by atoms with Crippen molar-refractivity contribution in [1.82, 2.24) is 5.32 Å². The normalized spacial score (nSPS) is 15.1. The molecular formula is C28H21ClF4N3NaO5. The molecule has 0 spiro atoms. The van der Waals surface area contributed by atoms with Crippen LogP contribution in [0.5, 0.6) is 17.2 Å². The maximum Gasteiger partial charge on any atom is 1.00 e. The van der Waals surface area contributed by atoms with Crippen LogP contribution in [0.25, 0.3) is 5.70 Å². The number of amides is 1. The molecule has 4 rings (SSSR count). The topological polar surface area (TPSA) is 140 Å². The Labute approximate surface area is 264 Å². The van der Waals surface area contributed by atoms with Crippen molar-refractivity contribution in [2.24, 2.45) is 11.5 Å². The molecule has 0 aliphatic carbocycles. The largest absolute Gasteiger partial charge is 1.00 e. The van der Waals surface area contributed by atoms with Gasteiger partial charge in [-0.1, -0.05) is 11.6 Å². The van der Waals surface area contributed by atoms with Crippen molar-refractivity contribution in [3.8, 4) is 17.2 Å². The number of alkyl halides is 3. The van der Waals surface area contributed by atoms with Gasteiger partial charge in [-0.3, -0.25) is 4.79 Å². The summed E-state index contributed by atoms with van der Waals surface area (Å²) >= 11 is 6.29. The van der Waals surface area contributed by atoms with Gasteiger partial charge in [-0.25, -0.2) is 4.39 Å². The van der Waals surface area contributed by atoms with Gasteiger partial charge in [0, 0.05) is 40.3 Å². The number of rotatable bonds is 7. The van der Waals surface area contributed by atoms with Crippen molar-refractivity contribution in [2.75, 3.05) is 6.61 Å². The number of allylic oxidation sites excluding steroid dienone is 2. The Morgan fingerprint density at radius 2 is 1.76 bits per heavy atom. The summed E-state index contributed by atoms with van der Waals surface area (Å²) in [6.07, 6.45) is -2.14. The molecule has 42 heavy (non-hydrogen) atoms. The third-order valence-electron chi connectivity index (χ3n) is 6.04. The molecule has 1 heterocycles. The minimum absolute atomic E-state index is 0. The van der Waals surface area contributed by atoms with Crippen LogP contribution in [0, 0.1) is 5.82 Å². The Bertz CT molecular complexity index is 1560. The summed E-state index contributed by atoms with van der Waals surface area (Å²) in [5, 5.41) is 13.9. The summed E-state index contributed by atoms with van der Waals surface area (Å²) < 4.78 is 63.6. The van der Waals surface area contributed by atoms with Crippen LogP contribution in [0.4, 0.5) is 17.6 Å². The zero-order valence-electron chi connectivity index (χ0n) is 21.9. The van der Waals surface area contributed by atoms with E-state index in [1.807, 2.05) is 0 Å². The molecule has 1 aliphatic rings. The molecule has 0 bridgehead atoms. The number of carbonyl (C=O) groups excluding carboxylic acids is 2. The molecule has 0 saturated heterocycles. The predicted molar refractivity (Wildman–Crippen MR) is 139 cm³/mol. The van der Waals surface area contributed by atoms with Gasteiger partial charge in [0.15, 0.2) is 0 Å². The SMILES string of the molecule is N/C(=C\C=C(/N)NC(=O)c1ccc(Oc2cc3c(cc2Cl)C(C(=O)[O-])CCO3)cc1)c1ccc(C(F)(F)F)cc1F.[Na+]. The third kappa shape index (κ3) is 7.77. The second-order valence-electron chi connectivity index (χ2n) is 8.85. The number of nitrogens with two attached hydrogens (primary N) is 2. The fourth-order valence-electron chi connectivity index (χ4n) is 3.95. The monoisotopic (exact) mass is 613 g/mol. The van der Waals surface area contributed by atoms with Crippen LogP contribution in [-0.4, -0.2) is 18.5 Å². The summed E-state index contributed by atoms with van der Waals surface area (Å²) in [7, 11) is 0. The number of carboxylic acid groups (broad SMARTS) is 1. The zero-order valence-corrected chi connectivity index (χ0v) is 24.7. The number of carbonyl (C=O) groups is 2. The molecule has 8 nitrogen and oxygen atoms in total. The average Bonchev–Trinajstić information content (AvgIpc) is 2.91. The third-order valence-corrected chi connectivity index (χ3v) is 6.34. The Morgan fingerprint density at radius 3 is 2.38 bits per heavy atom. The first-order chi connectivity index (χ1) is 19.3. The molecule has 0 saturated carbocycles. The smallest absolute Gasteiger partial charge is 0.549 e. The van der Waals surface area contributed by atoms with Crippen molar-refractivity contribution >= 4 is 29.2 Å². The van der Waals surface area contributed by atoms with E-state index in [-0.39, 0.29) is 76.0 Å². The number of carboxylic acids is 1. The maximum atomic E-state index is 14.1. The molecule has 0 radical (unpaired) electrons. The summed E-state index contributed by atoms with van der Waals surface area (Å²) in [6.45, 7) is 0.197. The second kappa shape index (κ2) is 13.5. The molecule has 14 heteroatoms. The Kier molecular flexibility index (Phi) is 10.6. The van der Waals surface area contributed by atoms with E-state index < -0.39 is 35.4 Å². The Morgan fingerprint density at radius 1 is 1.07 bits per heavy atom. The summed E-state index contributed by atoms with van der Waals surface area (Å²) in [4.78, 5) is 23.9. The molecule has 3 aromatic rings. The van der Waals surface area contributed by atoms with Gasteiger partial charge < -0.3 is 36.2 Å². The number of ether oxygens (including phenoxy) is 2. The first-order valence-electron chi connectivity index (χ1n) is 11.9. The van der Waals surface area contributed by atoms with E-state index in [1.165, 1.54) is 36.4 Å². The fraction of sp³-hybridized carbons (Fsp3) is 0.143. The fourth-order valence-corrected chi connectivity index (χ4v) is 4.16. The van der Waals surface area contributed by atoms with Gasteiger partial charge in [0.25, 0.3) is 5.91 Å². The van der Waals surface area contributed by atoms with Crippen LogP contribution in [0.1, 0.15) is 39.4 Å². The molecule has 5 N–H and O–H groups in total. The number of hydrogen-bond donors (Lipinski definition) is 3. The van der Waals surface area contributed by atoms with E-state index in [2.05, 4.69) is 5.32 Å². The number of nitrogens with one attached hydrogen (secondary N) is 1.